The van der Waals surface area contributed by atoms with E-state index in [4.69, 9.17) is 4.74 Å². The molecule has 0 atom stereocenters. The van der Waals surface area contributed by atoms with Crippen LogP contribution in [0.5, 0.6) is 0 Å². The third-order valence-corrected chi connectivity index (χ3v) is 3.27. The van der Waals surface area contributed by atoms with Crippen LogP contribution in [0.1, 0.15) is 40.0 Å². The lowest BCUT2D eigenvalue weighted by molar-refractivity contribution is -0.102. The van der Waals surface area contributed by atoms with Gasteiger partial charge in [0.25, 0.3) is 0 Å². The molecule has 1 saturated carbocycles. The Morgan fingerprint density at radius 3 is 2.53 bits per heavy atom. The second kappa shape index (κ2) is 6.12. The Labute approximate surface area is 98.5 Å². The number of ether oxygens (including phenoxy) is 1. The number of thioether (sulfide) groups is 1. The first kappa shape index (κ1) is 13.3. The molecule has 1 N–H and O–H groups in total. The average molecular weight is 231 g/mol. The van der Waals surface area contributed by atoms with E-state index in [1.165, 1.54) is 25.0 Å². The molecular weight excluding hydrogens is 206 g/mol. The topological polar surface area (TPSA) is 21.3 Å². The number of hydrogen-bond acceptors (Lipinski definition) is 3. The molecule has 0 saturated heterocycles. The minimum absolute atomic E-state index is 0.0223. The monoisotopic (exact) mass is 231 g/mol. The third kappa shape index (κ3) is 5.79. The van der Waals surface area contributed by atoms with Gasteiger partial charge in [0.05, 0.1) is 11.7 Å². The van der Waals surface area contributed by atoms with Crippen molar-refractivity contribution in [2.45, 2.75) is 57.8 Å². The molecule has 3 heteroatoms. The van der Waals surface area contributed by atoms with Crippen LogP contribution in [0.4, 0.5) is 0 Å². The van der Waals surface area contributed by atoms with Gasteiger partial charge in [0.2, 0.25) is 0 Å². The fourth-order valence-electron chi connectivity index (χ4n) is 1.85. The Morgan fingerprint density at radius 1 is 1.33 bits per heavy atom. The van der Waals surface area contributed by atoms with Gasteiger partial charge in [0.15, 0.2) is 0 Å². The molecule has 1 aliphatic rings. The van der Waals surface area contributed by atoms with Crippen molar-refractivity contribution in [2.75, 3.05) is 18.6 Å². The Hall–Kier alpha value is 0.270. The van der Waals surface area contributed by atoms with E-state index >= 15 is 0 Å². The van der Waals surface area contributed by atoms with Crippen molar-refractivity contribution in [3.05, 3.63) is 0 Å². The summed E-state index contributed by atoms with van der Waals surface area (Å²) in [5.74, 6) is 1.27. The highest BCUT2D eigenvalue weighted by Gasteiger charge is 2.32. The molecule has 90 valence electrons. The summed E-state index contributed by atoms with van der Waals surface area (Å²) >= 11 is 1.92. The summed E-state index contributed by atoms with van der Waals surface area (Å²) in [5.41, 5.74) is 0.0223. The molecule has 0 aromatic rings. The van der Waals surface area contributed by atoms with Gasteiger partial charge in [0, 0.05) is 6.04 Å². The maximum Gasteiger partial charge on any atom is 0.0612 e. The molecule has 2 nitrogen and oxygen atoms in total. The van der Waals surface area contributed by atoms with Crippen LogP contribution < -0.4 is 5.32 Å². The molecule has 1 fully saturated rings. The van der Waals surface area contributed by atoms with Crippen LogP contribution in [0.2, 0.25) is 0 Å². The van der Waals surface area contributed by atoms with Crippen LogP contribution in [0.15, 0.2) is 0 Å². The van der Waals surface area contributed by atoms with Crippen molar-refractivity contribution < 1.29 is 4.74 Å². The lowest BCUT2D eigenvalue weighted by Gasteiger charge is -2.39. The zero-order valence-electron chi connectivity index (χ0n) is 10.5. The van der Waals surface area contributed by atoms with Crippen LogP contribution in [0, 0.1) is 0 Å². The SMILES string of the molecule is CSCCCNC1CC(OC(C)(C)C)C1. The number of nitrogens with one attached hydrogen (secondary N) is 1. The minimum atomic E-state index is 0.0223. The summed E-state index contributed by atoms with van der Waals surface area (Å²) in [6.07, 6.45) is 6.31. The van der Waals surface area contributed by atoms with Crippen LogP contribution in [0.25, 0.3) is 0 Å². The summed E-state index contributed by atoms with van der Waals surface area (Å²) in [4.78, 5) is 0. The molecule has 1 aliphatic carbocycles. The molecule has 0 heterocycles. The van der Waals surface area contributed by atoms with Crippen molar-refractivity contribution in [1.82, 2.24) is 5.32 Å². The molecular formula is C12H25NOS. The second-order valence-corrected chi connectivity index (χ2v) is 6.31. The zero-order valence-corrected chi connectivity index (χ0v) is 11.3. The van der Waals surface area contributed by atoms with Crippen LogP contribution in [0.3, 0.4) is 0 Å². The van der Waals surface area contributed by atoms with Gasteiger partial charge >= 0.3 is 0 Å². The molecule has 0 amide bonds. The molecule has 0 bridgehead atoms. The maximum atomic E-state index is 5.89. The lowest BCUT2D eigenvalue weighted by Crippen LogP contribution is -2.48. The molecule has 15 heavy (non-hydrogen) atoms. The van der Waals surface area contributed by atoms with Crippen molar-refractivity contribution in [2.24, 2.45) is 0 Å². The van der Waals surface area contributed by atoms with Crippen molar-refractivity contribution in [3.8, 4) is 0 Å². The van der Waals surface area contributed by atoms with Crippen molar-refractivity contribution >= 4 is 11.8 Å². The van der Waals surface area contributed by atoms with Gasteiger partial charge in [-0.25, -0.2) is 0 Å². The predicted molar refractivity (Wildman–Crippen MR) is 68.6 cm³/mol. The van der Waals surface area contributed by atoms with E-state index in [1.54, 1.807) is 0 Å². The van der Waals surface area contributed by atoms with E-state index in [1.807, 2.05) is 11.8 Å². The average Bonchev–Trinajstić information content (AvgIpc) is 2.05. The van der Waals surface area contributed by atoms with Crippen LogP contribution in [-0.4, -0.2) is 36.3 Å². The zero-order chi connectivity index (χ0) is 11.3. The van der Waals surface area contributed by atoms with Crippen molar-refractivity contribution in [3.63, 3.8) is 0 Å². The van der Waals surface area contributed by atoms with Gasteiger partial charge in [-0.1, -0.05) is 0 Å². The van der Waals surface area contributed by atoms with E-state index in [-0.39, 0.29) is 5.60 Å². The Kier molecular flexibility index (Phi) is 5.44. The second-order valence-electron chi connectivity index (χ2n) is 5.32. The van der Waals surface area contributed by atoms with Gasteiger partial charge in [0.1, 0.15) is 0 Å². The van der Waals surface area contributed by atoms with E-state index in [0.717, 1.165) is 6.54 Å². The Morgan fingerprint density at radius 2 is 2.00 bits per heavy atom. The summed E-state index contributed by atoms with van der Waals surface area (Å²) in [6.45, 7) is 7.55. The normalized spacial score (nSPS) is 26.4. The Balaban J connectivity index is 1.96. The fraction of sp³-hybridized carbons (Fsp3) is 1.00. The smallest absolute Gasteiger partial charge is 0.0612 e. The molecule has 0 unspecified atom stereocenters. The van der Waals surface area contributed by atoms with Gasteiger partial charge in [-0.15, -0.1) is 0 Å². The van der Waals surface area contributed by atoms with Gasteiger partial charge in [-0.3, -0.25) is 0 Å². The first-order chi connectivity index (χ1) is 7.01. The van der Waals surface area contributed by atoms with E-state index in [9.17, 15) is 0 Å². The Bertz CT molecular complexity index is 173. The minimum Gasteiger partial charge on any atom is -0.373 e. The highest BCUT2D eigenvalue weighted by Crippen LogP contribution is 2.27. The van der Waals surface area contributed by atoms with E-state index in [0.29, 0.717) is 12.1 Å². The summed E-state index contributed by atoms with van der Waals surface area (Å²) in [7, 11) is 0. The van der Waals surface area contributed by atoms with Gasteiger partial charge < -0.3 is 10.1 Å². The fourth-order valence-corrected chi connectivity index (χ4v) is 2.28. The molecule has 0 spiro atoms. The van der Waals surface area contributed by atoms with Gasteiger partial charge in [-0.2, -0.15) is 11.8 Å². The van der Waals surface area contributed by atoms with Crippen LogP contribution >= 0.6 is 11.8 Å². The highest BCUT2D eigenvalue weighted by atomic mass is 32.2. The standard InChI is InChI=1S/C12H25NOS/c1-12(2,3)14-11-8-10(9-11)13-6-5-7-15-4/h10-11,13H,5-9H2,1-4H3. The highest BCUT2D eigenvalue weighted by molar-refractivity contribution is 7.98. The van der Waals surface area contributed by atoms with E-state index in [2.05, 4.69) is 32.3 Å². The molecule has 1 rings (SSSR count). The predicted octanol–water partition coefficient (Wildman–Crippen LogP) is 2.68. The molecule has 0 radical (unpaired) electrons. The number of rotatable bonds is 6. The summed E-state index contributed by atoms with van der Waals surface area (Å²) in [5, 5.41) is 3.58. The summed E-state index contributed by atoms with van der Waals surface area (Å²) in [6, 6.07) is 0.708. The largest absolute Gasteiger partial charge is 0.373 e. The number of hydrogen-bond donors (Lipinski definition) is 1. The van der Waals surface area contributed by atoms with E-state index < -0.39 is 0 Å². The molecule has 0 aliphatic heterocycles. The quantitative estimate of drug-likeness (QED) is 0.710. The first-order valence-electron chi connectivity index (χ1n) is 5.91. The summed E-state index contributed by atoms with van der Waals surface area (Å²) < 4.78 is 5.89. The maximum absolute atomic E-state index is 5.89. The van der Waals surface area contributed by atoms with Gasteiger partial charge in [-0.05, 0) is 58.6 Å². The van der Waals surface area contributed by atoms with Crippen LogP contribution in [-0.2, 0) is 4.74 Å². The first-order valence-corrected chi connectivity index (χ1v) is 7.31. The van der Waals surface area contributed by atoms with Crippen molar-refractivity contribution in [1.29, 1.82) is 0 Å². The molecule has 0 aromatic heterocycles. The molecule has 0 aromatic carbocycles. The third-order valence-electron chi connectivity index (χ3n) is 2.57. The lowest BCUT2D eigenvalue weighted by atomic mass is 9.88.